The van der Waals surface area contributed by atoms with Crippen LogP contribution in [0.25, 0.3) is 0 Å². The number of carbonyl (C=O) groups is 1. The number of hydrogen-bond donors (Lipinski definition) is 1. The maximum Gasteiger partial charge on any atom is 0.307 e. The van der Waals surface area contributed by atoms with Gasteiger partial charge < -0.3 is 9.63 Å². The first-order valence-electron chi connectivity index (χ1n) is 7.71. The second-order valence-electron chi connectivity index (χ2n) is 6.45. The van der Waals surface area contributed by atoms with Crippen LogP contribution >= 0.6 is 0 Å². The molecular weight excluding hydrogens is 256 g/mol. The molecule has 0 aromatic carbocycles. The Hall–Kier alpha value is -1.39. The number of aliphatic carboxylic acids is 1. The lowest BCUT2D eigenvalue weighted by atomic mass is 9.89. The van der Waals surface area contributed by atoms with Crippen molar-refractivity contribution in [3.63, 3.8) is 0 Å². The number of hydrogen-bond acceptors (Lipinski definition) is 4. The quantitative estimate of drug-likeness (QED) is 0.917. The fourth-order valence-corrected chi connectivity index (χ4v) is 3.76. The lowest BCUT2D eigenvalue weighted by Crippen LogP contribution is -2.17. The topological polar surface area (TPSA) is 76.2 Å². The molecule has 1 N–H and O–H groups in total. The first-order valence-corrected chi connectivity index (χ1v) is 7.71. The third kappa shape index (κ3) is 2.58. The highest BCUT2D eigenvalue weighted by Crippen LogP contribution is 2.43. The molecule has 2 aliphatic rings. The minimum atomic E-state index is -0.739. The molecular formula is C15H22N2O3. The van der Waals surface area contributed by atoms with Crippen LogP contribution in [0.1, 0.15) is 75.4 Å². The second-order valence-corrected chi connectivity index (χ2v) is 6.45. The molecule has 0 spiro atoms. The van der Waals surface area contributed by atoms with Gasteiger partial charge in [0, 0.05) is 5.92 Å². The molecule has 3 rings (SSSR count). The van der Waals surface area contributed by atoms with Crippen molar-refractivity contribution in [3.8, 4) is 0 Å². The summed E-state index contributed by atoms with van der Waals surface area (Å²) in [6, 6.07) is 0. The van der Waals surface area contributed by atoms with Crippen molar-refractivity contribution in [3.05, 3.63) is 11.7 Å². The SMILES string of the molecule is CC1CC(C(=O)O)C(c2nc(C3CCCCC3)no2)C1. The summed E-state index contributed by atoms with van der Waals surface area (Å²) in [5, 5.41) is 13.5. The van der Waals surface area contributed by atoms with Crippen LogP contribution in [0.15, 0.2) is 4.52 Å². The molecule has 1 heterocycles. The van der Waals surface area contributed by atoms with Gasteiger partial charge in [0.1, 0.15) is 0 Å². The van der Waals surface area contributed by atoms with Crippen LogP contribution < -0.4 is 0 Å². The third-order valence-corrected chi connectivity index (χ3v) is 4.86. The van der Waals surface area contributed by atoms with Gasteiger partial charge in [-0.1, -0.05) is 31.3 Å². The number of nitrogens with zero attached hydrogens (tertiary/aromatic N) is 2. The van der Waals surface area contributed by atoms with Crippen molar-refractivity contribution in [2.45, 2.75) is 63.7 Å². The van der Waals surface area contributed by atoms with Crippen molar-refractivity contribution in [1.82, 2.24) is 10.1 Å². The Bertz CT molecular complexity index is 479. The highest BCUT2D eigenvalue weighted by molar-refractivity contribution is 5.71. The molecule has 1 aromatic heterocycles. The Morgan fingerprint density at radius 2 is 2.00 bits per heavy atom. The summed E-state index contributed by atoms with van der Waals surface area (Å²) >= 11 is 0. The van der Waals surface area contributed by atoms with E-state index in [2.05, 4.69) is 17.1 Å². The smallest absolute Gasteiger partial charge is 0.307 e. The summed E-state index contributed by atoms with van der Waals surface area (Å²) < 4.78 is 5.41. The van der Waals surface area contributed by atoms with Gasteiger partial charge in [-0.15, -0.1) is 0 Å². The summed E-state index contributed by atoms with van der Waals surface area (Å²) in [7, 11) is 0. The maximum atomic E-state index is 11.3. The fraction of sp³-hybridized carbons (Fsp3) is 0.800. The van der Waals surface area contributed by atoms with Crippen LogP contribution in [-0.2, 0) is 4.79 Å². The Labute approximate surface area is 118 Å². The van der Waals surface area contributed by atoms with E-state index in [1.54, 1.807) is 0 Å². The van der Waals surface area contributed by atoms with Gasteiger partial charge >= 0.3 is 5.97 Å². The third-order valence-electron chi connectivity index (χ3n) is 4.86. The van der Waals surface area contributed by atoms with E-state index in [1.165, 1.54) is 19.3 Å². The zero-order valence-electron chi connectivity index (χ0n) is 11.9. The molecule has 0 aliphatic heterocycles. The zero-order chi connectivity index (χ0) is 14.1. The summed E-state index contributed by atoms with van der Waals surface area (Å²) in [4.78, 5) is 15.9. The van der Waals surface area contributed by atoms with E-state index in [-0.39, 0.29) is 11.8 Å². The Morgan fingerprint density at radius 1 is 1.25 bits per heavy atom. The Morgan fingerprint density at radius 3 is 2.70 bits per heavy atom. The van der Waals surface area contributed by atoms with Gasteiger partial charge in [0.25, 0.3) is 0 Å². The highest BCUT2D eigenvalue weighted by atomic mass is 16.5. The molecule has 2 saturated carbocycles. The first kappa shape index (κ1) is 13.6. The summed E-state index contributed by atoms with van der Waals surface area (Å²) in [5.74, 6) is 0.939. The van der Waals surface area contributed by atoms with E-state index < -0.39 is 5.97 Å². The average Bonchev–Trinajstić information content (AvgIpc) is 3.06. The van der Waals surface area contributed by atoms with Crippen LogP contribution in [0.5, 0.6) is 0 Å². The molecule has 110 valence electrons. The standard InChI is InChI=1S/C15H22N2O3/c1-9-7-11(12(8-9)15(18)19)14-16-13(17-20-14)10-5-3-2-4-6-10/h9-12H,2-8H2,1H3,(H,18,19). The van der Waals surface area contributed by atoms with Crippen LogP contribution in [0.3, 0.4) is 0 Å². The maximum absolute atomic E-state index is 11.3. The monoisotopic (exact) mass is 278 g/mol. The molecule has 0 radical (unpaired) electrons. The van der Waals surface area contributed by atoms with Gasteiger partial charge in [-0.3, -0.25) is 4.79 Å². The molecule has 0 saturated heterocycles. The first-order chi connectivity index (χ1) is 9.65. The molecule has 3 atom stereocenters. The van der Waals surface area contributed by atoms with Gasteiger partial charge in [-0.2, -0.15) is 4.98 Å². The second kappa shape index (κ2) is 5.54. The van der Waals surface area contributed by atoms with E-state index >= 15 is 0 Å². The highest BCUT2D eigenvalue weighted by Gasteiger charge is 2.41. The van der Waals surface area contributed by atoms with E-state index in [4.69, 9.17) is 4.52 Å². The molecule has 20 heavy (non-hydrogen) atoms. The van der Waals surface area contributed by atoms with Crippen LogP contribution in [-0.4, -0.2) is 21.2 Å². The lowest BCUT2D eigenvalue weighted by molar-refractivity contribution is -0.142. The van der Waals surface area contributed by atoms with E-state index in [1.807, 2.05) is 0 Å². The zero-order valence-corrected chi connectivity index (χ0v) is 11.9. The van der Waals surface area contributed by atoms with Crippen molar-refractivity contribution in [1.29, 1.82) is 0 Å². The Balaban J connectivity index is 1.77. The molecule has 2 aliphatic carbocycles. The van der Waals surface area contributed by atoms with Crippen LogP contribution in [0, 0.1) is 11.8 Å². The van der Waals surface area contributed by atoms with E-state index in [0.717, 1.165) is 25.1 Å². The molecule has 1 aromatic rings. The van der Waals surface area contributed by atoms with E-state index in [9.17, 15) is 9.90 Å². The minimum absolute atomic E-state index is 0.104. The molecule has 2 fully saturated rings. The van der Waals surface area contributed by atoms with Crippen LogP contribution in [0.4, 0.5) is 0 Å². The summed E-state index contributed by atoms with van der Waals surface area (Å²) in [5.41, 5.74) is 0. The van der Waals surface area contributed by atoms with Gasteiger partial charge in [0.2, 0.25) is 5.89 Å². The predicted octanol–water partition coefficient (Wildman–Crippen LogP) is 3.33. The Kier molecular flexibility index (Phi) is 3.76. The van der Waals surface area contributed by atoms with Gasteiger partial charge in [0.15, 0.2) is 5.82 Å². The van der Waals surface area contributed by atoms with Crippen molar-refractivity contribution >= 4 is 5.97 Å². The van der Waals surface area contributed by atoms with E-state index in [0.29, 0.717) is 24.1 Å². The molecule has 0 bridgehead atoms. The van der Waals surface area contributed by atoms with Gasteiger partial charge in [-0.05, 0) is 31.6 Å². The van der Waals surface area contributed by atoms with Crippen molar-refractivity contribution in [2.24, 2.45) is 11.8 Å². The molecule has 0 amide bonds. The number of rotatable bonds is 3. The number of aromatic nitrogens is 2. The normalized spacial score (nSPS) is 31.6. The fourth-order valence-electron chi connectivity index (χ4n) is 3.76. The number of carboxylic acids is 1. The molecule has 5 nitrogen and oxygen atoms in total. The molecule has 3 unspecified atom stereocenters. The largest absolute Gasteiger partial charge is 0.481 e. The average molecular weight is 278 g/mol. The van der Waals surface area contributed by atoms with Crippen molar-refractivity contribution < 1.29 is 14.4 Å². The number of carboxylic acid groups (broad SMARTS) is 1. The summed E-state index contributed by atoms with van der Waals surface area (Å²) in [6.07, 6.45) is 7.55. The van der Waals surface area contributed by atoms with Gasteiger partial charge in [0.05, 0.1) is 11.8 Å². The van der Waals surface area contributed by atoms with Gasteiger partial charge in [-0.25, -0.2) is 0 Å². The summed E-state index contributed by atoms with van der Waals surface area (Å²) in [6.45, 7) is 2.09. The minimum Gasteiger partial charge on any atom is -0.481 e. The molecule has 5 heteroatoms. The van der Waals surface area contributed by atoms with Crippen molar-refractivity contribution in [2.75, 3.05) is 0 Å². The predicted molar refractivity (Wildman–Crippen MR) is 72.4 cm³/mol. The lowest BCUT2D eigenvalue weighted by Gasteiger charge is -2.17. The van der Waals surface area contributed by atoms with Crippen LogP contribution in [0.2, 0.25) is 0 Å².